The molecule has 1 heterocycles. The van der Waals surface area contributed by atoms with E-state index in [2.05, 4.69) is 6.07 Å². The summed E-state index contributed by atoms with van der Waals surface area (Å²) in [4.78, 5) is 39.8. The molecule has 0 radical (unpaired) electrons. The number of halogens is 1. The number of nitro benzene ring substituents is 1. The molecule has 2 fully saturated rings. The predicted octanol–water partition coefficient (Wildman–Crippen LogP) is 4.74. The first-order valence-corrected chi connectivity index (χ1v) is 10.2. The van der Waals surface area contributed by atoms with Crippen molar-refractivity contribution >= 4 is 34.9 Å². The summed E-state index contributed by atoms with van der Waals surface area (Å²) in [7, 11) is 0. The summed E-state index contributed by atoms with van der Waals surface area (Å²) in [6.07, 6.45) is 1.94. The Labute approximate surface area is 183 Å². The molecule has 158 valence electrons. The predicted molar refractivity (Wildman–Crippen MR) is 114 cm³/mol. The average Bonchev–Trinajstić information content (AvgIpc) is 3.54. The number of carbonyl (C=O) groups excluding carboxylic acids is 2. The van der Waals surface area contributed by atoms with Crippen molar-refractivity contribution in [3.05, 3.63) is 68.2 Å². The minimum absolute atomic E-state index is 0.142. The zero-order valence-corrected chi connectivity index (χ0v) is 17.7. The summed E-state index contributed by atoms with van der Waals surface area (Å²) in [5.41, 5.74) is 0.617. The normalized spacial score (nSPS) is 17.7. The van der Waals surface area contributed by atoms with Crippen molar-refractivity contribution in [3.8, 4) is 6.07 Å². The van der Waals surface area contributed by atoms with Crippen LogP contribution in [0.4, 0.5) is 16.2 Å². The van der Waals surface area contributed by atoms with Crippen molar-refractivity contribution in [2.45, 2.75) is 44.7 Å². The zero-order chi connectivity index (χ0) is 22.5. The molecular weight excluding hydrogens is 420 g/mol. The standard InChI is InChI=1S/C22H19ClN4O4/c1-22(2)20(28)26(17-7-5-14(11-24)18(10-17)13-3-4-13)21(29)25(22)12-15-9-16(23)6-8-19(15)27(30)31/h5-10,13H,3-4,12H2,1-2H3. The Morgan fingerprint density at radius 1 is 1.23 bits per heavy atom. The van der Waals surface area contributed by atoms with Crippen LogP contribution in [-0.2, 0) is 11.3 Å². The molecule has 3 amide bonds. The highest BCUT2D eigenvalue weighted by Crippen LogP contribution is 2.44. The number of hydrogen-bond acceptors (Lipinski definition) is 5. The molecule has 0 atom stereocenters. The Balaban J connectivity index is 1.72. The van der Waals surface area contributed by atoms with E-state index in [4.69, 9.17) is 11.6 Å². The fourth-order valence-corrected chi connectivity index (χ4v) is 4.08. The van der Waals surface area contributed by atoms with Gasteiger partial charge in [-0.25, -0.2) is 9.69 Å². The maximum Gasteiger partial charge on any atom is 0.332 e. The molecule has 0 N–H and O–H groups in total. The van der Waals surface area contributed by atoms with Gasteiger partial charge in [-0.1, -0.05) is 11.6 Å². The van der Waals surface area contributed by atoms with Crippen LogP contribution >= 0.6 is 11.6 Å². The van der Waals surface area contributed by atoms with E-state index >= 15 is 0 Å². The lowest BCUT2D eigenvalue weighted by molar-refractivity contribution is -0.385. The van der Waals surface area contributed by atoms with Crippen LogP contribution in [0.25, 0.3) is 0 Å². The molecule has 9 heteroatoms. The van der Waals surface area contributed by atoms with Gasteiger partial charge in [0.2, 0.25) is 0 Å². The van der Waals surface area contributed by atoms with E-state index in [1.54, 1.807) is 32.0 Å². The van der Waals surface area contributed by atoms with Gasteiger partial charge in [-0.15, -0.1) is 0 Å². The SMILES string of the molecule is CC1(C)C(=O)N(c2ccc(C#N)c(C3CC3)c2)C(=O)N1Cc1cc(Cl)ccc1[N+](=O)[O-]. The quantitative estimate of drug-likeness (QED) is 0.380. The summed E-state index contributed by atoms with van der Waals surface area (Å²) >= 11 is 6.02. The molecule has 31 heavy (non-hydrogen) atoms. The fourth-order valence-electron chi connectivity index (χ4n) is 3.88. The first-order chi connectivity index (χ1) is 14.6. The van der Waals surface area contributed by atoms with Crippen molar-refractivity contribution in [3.63, 3.8) is 0 Å². The maximum absolute atomic E-state index is 13.3. The summed E-state index contributed by atoms with van der Waals surface area (Å²) in [6.45, 7) is 3.07. The molecule has 2 aromatic carbocycles. The summed E-state index contributed by atoms with van der Waals surface area (Å²) in [6, 6.07) is 10.7. The number of urea groups is 1. The third kappa shape index (κ3) is 3.51. The number of nitrogens with zero attached hydrogens (tertiary/aromatic N) is 4. The Hall–Kier alpha value is -3.44. The van der Waals surface area contributed by atoms with Gasteiger partial charge in [0.25, 0.3) is 11.6 Å². The second-order valence-corrected chi connectivity index (χ2v) is 8.69. The van der Waals surface area contributed by atoms with E-state index in [1.165, 1.54) is 23.1 Å². The fraction of sp³-hybridized carbons (Fsp3) is 0.318. The average molecular weight is 439 g/mol. The minimum atomic E-state index is -1.22. The third-order valence-corrected chi connectivity index (χ3v) is 6.06. The van der Waals surface area contributed by atoms with Gasteiger partial charge in [-0.05, 0) is 68.5 Å². The smallest absolute Gasteiger partial charge is 0.305 e. The molecule has 1 saturated carbocycles. The largest absolute Gasteiger partial charge is 0.332 e. The number of amides is 3. The van der Waals surface area contributed by atoms with Crippen LogP contribution in [-0.4, -0.2) is 27.3 Å². The second kappa shape index (κ2) is 7.36. The van der Waals surface area contributed by atoms with Gasteiger partial charge in [-0.3, -0.25) is 14.9 Å². The van der Waals surface area contributed by atoms with Gasteiger partial charge in [-0.2, -0.15) is 5.26 Å². The molecule has 2 aliphatic rings. The third-order valence-electron chi connectivity index (χ3n) is 5.82. The Bertz CT molecular complexity index is 1170. The molecule has 0 spiro atoms. The van der Waals surface area contributed by atoms with Gasteiger partial charge >= 0.3 is 6.03 Å². The molecule has 1 aliphatic heterocycles. The summed E-state index contributed by atoms with van der Waals surface area (Å²) in [5, 5.41) is 21.1. The van der Waals surface area contributed by atoms with Crippen LogP contribution in [0.3, 0.4) is 0 Å². The van der Waals surface area contributed by atoms with Crippen LogP contribution in [0.5, 0.6) is 0 Å². The summed E-state index contributed by atoms with van der Waals surface area (Å²) in [5.74, 6) is -0.172. The molecule has 1 aliphatic carbocycles. The van der Waals surface area contributed by atoms with Gasteiger partial charge in [0.05, 0.1) is 34.4 Å². The van der Waals surface area contributed by atoms with Gasteiger partial charge < -0.3 is 4.90 Å². The molecule has 0 bridgehead atoms. The molecule has 1 saturated heterocycles. The molecule has 4 rings (SSSR count). The maximum atomic E-state index is 13.3. The van der Waals surface area contributed by atoms with E-state index < -0.39 is 22.4 Å². The number of hydrogen-bond donors (Lipinski definition) is 0. The molecule has 0 aromatic heterocycles. The Kier molecular flexibility index (Phi) is 4.94. The highest BCUT2D eigenvalue weighted by Gasteiger charge is 2.52. The Morgan fingerprint density at radius 2 is 1.94 bits per heavy atom. The van der Waals surface area contributed by atoms with Gasteiger partial charge in [0, 0.05) is 11.1 Å². The number of carbonyl (C=O) groups is 2. The molecule has 2 aromatic rings. The second-order valence-electron chi connectivity index (χ2n) is 8.26. The number of imide groups is 1. The van der Waals surface area contributed by atoms with E-state index in [9.17, 15) is 25.0 Å². The number of rotatable bonds is 5. The molecule has 0 unspecified atom stereocenters. The zero-order valence-electron chi connectivity index (χ0n) is 17.0. The van der Waals surface area contributed by atoms with E-state index in [0.717, 1.165) is 23.3 Å². The van der Waals surface area contributed by atoms with Crippen LogP contribution < -0.4 is 4.90 Å². The van der Waals surface area contributed by atoms with Crippen molar-refractivity contribution in [2.75, 3.05) is 4.90 Å². The number of anilines is 1. The number of benzene rings is 2. The van der Waals surface area contributed by atoms with Crippen LogP contribution in [0.2, 0.25) is 5.02 Å². The lowest BCUT2D eigenvalue weighted by atomic mass is 10.0. The van der Waals surface area contributed by atoms with Crippen molar-refractivity contribution in [1.82, 2.24) is 4.90 Å². The van der Waals surface area contributed by atoms with Crippen molar-refractivity contribution in [1.29, 1.82) is 5.26 Å². The first-order valence-electron chi connectivity index (χ1n) is 9.78. The van der Waals surface area contributed by atoms with Crippen LogP contribution in [0.15, 0.2) is 36.4 Å². The Morgan fingerprint density at radius 3 is 2.55 bits per heavy atom. The number of nitro groups is 1. The van der Waals surface area contributed by atoms with E-state index in [0.29, 0.717) is 16.3 Å². The van der Waals surface area contributed by atoms with E-state index in [1.807, 2.05) is 0 Å². The van der Waals surface area contributed by atoms with Gasteiger partial charge in [0.15, 0.2) is 0 Å². The minimum Gasteiger partial charge on any atom is -0.305 e. The first kappa shape index (κ1) is 20.8. The number of nitriles is 1. The highest BCUT2D eigenvalue weighted by atomic mass is 35.5. The highest BCUT2D eigenvalue weighted by molar-refractivity contribution is 6.30. The van der Waals surface area contributed by atoms with Gasteiger partial charge in [0.1, 0.15) is 5.54 Å². The van der Waals surface area contributed by atoms with Crippen LogP contribution in [0.1, 0.15) is 49.3 Å². The lowest BCUT2D eigenvalue weighted by Crippen LogP contribution is -2.43. The monoisotopic (exact) mass is 438 g/mol. The van der Waals surface area contributed by atoms with Crippen molar-refractivity contribution < 1.29 is 14.5 Å². The van der Waals surface area contributed by atoms with Crippen molar-refractivity contribution in [2.24, 2.45) is 0 Å². The molecule has 8 nitrogen and oxygen atoms in total. The van der Waals surface area contributed by atoms with E-state index in [-0.39, 0.29) is 23.7 Å². The topological polar surface area (TPSA) is 108 Å². The molecular formula is C22H19ClN4O4. The van der Waals surface area contributed by atoms with Crippen LogP contribution in [0, 0.1) is 21.4 Å². The lowest BCUT2D eigenvalue weighted by Gasteiger charge is -2.27. The summed E-state index contributed by atoms with van der Waals surface area (Å²) < 4.78 is 0.